The van der Waals surface area contributed by atoms with E-state index in [0.29, 0.717) is 17.4 Å². The fourth-order valence-corrected chi connectivity index (χ4v) is 1.29. The van der Waals surface area contributed by atoms with Crippen molar-refractivity contribution in [1.29, 1.82) is 0 Å². The summed E-state index contributed by atoms with van der Waals surface area (Å²) in [6.07, 6.45) is 0. The second-order valence-corrected chi connectivity index (χ2v) is 3.18. The van der Waals surface area contributed by atoms with Gasteiger partial charge in [-0.1, -0.05) is 5.16 Å². The molecule has 0 atom stereocenters. The summed E-state index contributed by atoms with van der Waals surface area (Å²) >= 11 is 1.21. The lowest BCUT2D eigenvalue weighted by Crippen LogP contribution is -2.25. The Kier molecular flexibility index (Phi) is 3.41. The number of thiazole rings is 1. The number of primary amides is 1. The summed E-state index contributed by atoms with van der Waals surface area (Å²) in [7, 11) is 0. The minimum atomic E-state index is -0.691. The predicted octanol–water partition coefficient (Wildman–Crippen LogP) is -0.0488. The van der Waals surface area contributed by atoms with Crippen LogP contribution in [0.3, 0.4) is 0 Å². The van der Waals surface area contributed by atoms with Gasteiger partial charge in [-0.05, 0) is 6.92 Å². The molecule has 0 spiro atoms. The lowest BCUT2D eigenvalue weighted by Gasteiger charge is -1.97. The molecule has 0 saturated heterocycles. The summed E-state index contributed by atoms with van der Waals surface area (Å²) in [5, 5.41) is 5.50. The van der Waals surface area contributed by atoms with Crippen LogP contribution >= 0.6 is 11.3 Å². The fraction of sp³-hybridized carbons (Fsp3) is 0.286. The highest BCUT2D eigenvalue weighted by atomic mass is 32.1. The number of hydrogen-bond acceptors (Lipinski definition) is 6. The molecule has 1 aromatic rings. The zero-order valence-corrected chi connectivity index (χ0v) is 8.37. The van der Waals surface area contributed by atoms with E-state index in [0.717, 1.165) is 0 Å². The molecule has 7 heteroatoms. The number of carbonyl (C=O) groups excluding carboxylic acids is 1. The van der Waals surface area contributed by atoms with Crippen molar-refractivity contribution in [2.45, 2.75) is 6.92 Å². The van der Waals surface area contributed by atoms with Gasteiger partial charge in [0.2, 0.25) is 0 Å². The Morgan fingerprint density at radius 1 is 1.79 bits per heavy atom. The second-order valence-electron chi connectivity index (χ2n) is 2.29. The van der Waals surface area contributed by atoms with Gasteiger partial charge in [0.05, 0.1) is 0 Å². The van der Waals surface area contributed by atoms with Gasteiger partial charge in [0.15, 0.2) is 10.8 Å². The minimum Gasteiger partial charge on any atom is -0.395 e. The highest BCUT2D eigenvalue weighted by molar-refractivity contribution is 7.13. The van der Waals surface area contributed by atoms with E-state index in [2.05, 4.69) is 10.1 Å². The van der Waals surface area contributed by atoms with Crippen molar-refractivity contribution in [2.24, 2.45) is 10.9 Å². The number of anilines is 1. The fourth-order valence-electron chi connectivity index (χ4n) is 0.743. The van der Waals surface area contributed by atoms with E-state index in [1.54, 1.807) is 12.3 Å². The van der Waals surface area contributed by atoms with Gasteiger partial charge in [0.1, 0.15) is 12.3 Å². The minimum absolute atomic E-state index is 0.0141. The van der Waals surface area contributed by atoms with Crippen molar-refractivity contribution >= 4 is 28.1 Å². The lowest BCUT2D eigenvalue weighted by atomic mass is 10.3. The van der Waals surface area contributed by atoms with Crippen LogP contribution in [0.4, 0.5) is 5.13 Å². The van der Waals surface area contributed by atoms with Crippen LogP contribution in [0, 0.1) is 0 Å². The smallest absolute Gasteiger partial charge is 0.273 e. The Bertz CT molecular complexity index is 360. The number of aromatic nitrogens is 1. The second kappa shape index (κ2) is 4.56. The number of amides is 1. The summed E-state index contributed by atoms with van der Waals surface area (Å²) in [5.41, 5.74) is 10.8. The number of nitrogens with two attached hydrogens (primary N) is 2. The zero-order chi connectivity index (χ0) is 10.6. The molecular weight excluding hydrogens is 204 g/mol. The van der Waals surface area contributed by atoms with E-state index in [1.807, 2.05) is 0 Å². The molecule has 0 aliphatic heterocycles. The van der Waals surface area contributed by atoms with Gasteiger partial charge in [-0.25, -0.2) is 4.98 Å². The molecule has 0 aromatic carbocycles. The first-order valence-electron chi connectivity index (χ1n) is 3.86. The van der Waals surface area contributed by atoms with Crippen LogP contribution in [-0.4, -0.2) is 23.2 Å². The maximum absolute atomic E-state index is 11.0. The van der Waals surface area contributed by atoms with Crippen molar-refractivity contribution < 1.29 is 9.63 Å². The summed E-state index contributed by atoms with van der Waals surface area (Å²) < 4.78 is 0. The molecule has 1 rings (SSSR count). The Balaban J connectivity index is 2.94. The maximum atomic E-state index is 11.0. The molecule has 0 unspecified atom stereocenters. The lowest BCUT2D eigenvalue weighted by molar-refractivity contribution is -0.112. The van der Waals surface area contributed by atoms with Gasteiger partial charge in [0.25, 0.3) is 5.91 Å². The summed E-state index contributed by atoms with van der Waals surface area (Å²) in [6.45, 7) is 2.11. The monoisotopic (exact) mass is 214 g/mol. The van der Waals surface area contributed by atoms with E-state index in [4.69, 9.17) is 16.3 Å². The predicted molar refractivity (Wildman–Crippen MR) is 53.9 cm³/mol. The van der Waals surface area contributed by atoms with Crippen molar-refractivity contribution in [3.05, 3.63) is 11.1 Å². The first-order valence-corrected chi connectivity index (χ1v) is 4.74. The molecule has 0 saturated carbocycles. The van der Waals surface area contributed by atoms with Crippen molar-refractivity contribution in [3.63, 3.8) is 0 Å². The van der Waals surface area contributed by atoms with E-state index < -0.39 is 5.91 Å². The van der Waals surface area contributed by atoms with Crippen LogP contribution in [0.15, 0.2) is 10.5 Å². The van der Waals surface area contributed by atoms with Gasteiger partial charge >= 0.3 is 0 Å². The SMILES string of the molecule is CCO/N=C(\C(N)=O)c1csc(N)n1. The highest BCUT2D eigenvalue weighted by Crippen LogP contribution is 2.11. The molecule has 0 aliphatic rings. The standard InChI is InChI=1S/C7H10N4O2S/c1-2-13-11-5(6(8)12)4-3-14-7(9)10-4/h3H,2H2,1H3,(H2,8,12)(H2,9,10)/b11-5-. The number of rotatable bonds is 4. The normalized spacial score (nSPS) is 11.4. The number of nitrogens with zero attached hydrogens (tertiary/aromatic N) is 2. The molecule has 1 aromatic heterocycles. The third-order valence-electron chi connectivity index (χ3n) is 1.28. The largest absolute Gasteiger partial charge is 0.395 e. The van der Waals surface area contributed by atoms with Gasteiger partial charge in [0, 0.05) is 5.38 Å². The molecule has 76 valence electrons. The third kappa shape index (κ3) is 2.43. The van der Waals surface area contributed by atoms with E-state index in [-0.39, 0.29) is 5.71 Å². The van der Waals surface area contributed by atoms with Crippen molar-refractivity contribution in [1.82, 2.24) is 4.98 Å². The molecule has 0 aliphatic carbocycles. The van der Waals surface area contributed by atoms with Gasteiger partial charge in [-0.2, -0.15) is 0 Å². The first kappa shape index (κ1) is 10.5. The maximum Gasteiger partial charge on any atom is 0.273 e. The van der Waals surface area contributed by atoms with Gasteiger partial charge in [-0.3, -0.25) is 4.79 Å². The van der Waals surface area contributed by atoms with Crippen LogP contribution in [0.1, 0.15) is 12.6 Å². The molecule has 0 radical (unpaired) electrons. The number of nitrogen functional groups attached to an aromatic ring is 1. The molecule has 1 amide bonds. The molecule has 14 heavy (non-hydrogen) atoms. The third-order valence-corrected chi connectivity index (χ3v) is 1.96. The Hall–Kier alpha value is -1.63. The van der Waals surface area contributed by atoms with Crippen LogP contribution in [0.2, 0.25) is 0 Å². The summed E-state index contributed by atoms with van der Waals surface area (Å²) in [6, 6.07) is 0. The molecule has 6 nitrogen and oxygen atoms in total. The molecule has 4 N–H and O–H groups in total. The average Bonchev–Trinajstić information content (AvgIpc) is 2.52. The van der Waals surface area contributed by atoms with Crippen molar-refractivity contribution in [3.8, 4) is 0 Å². The average molecular weight is 214 g/mol. The van der Waals surface area contributed by atoms with Gasteiger partial charge < -0.3 is 16.3 Å². The molecule has 0 bridgehead atoms. The van der Waals surface area contributed by atoms with Crippen LogP contribution in [0.25, 0.3) is 0 Å². The first-order chi connectivity index (χ1) is 6.65. The Morgan fingerprint density at radius 3 is 2.93 bits per heavy atom. The van der Waals surface area contributed by atoms with Crippen molar-refractivity contribution in [2.75, 3.05) is 12.3 Å². The molecular formula is C7H10N4O2S. The summed E-state index contributed by atoms with van der Waals surface area (Å²) in [5.74, 6) is -0.691. The molecule has 1 heterocycles. The van der Waals surface area contributed by atoms with E-state index >= 15 is 0 Å². The van der Waals surface area contributed by atoms with Crippen LogP contribution < -0.4 is 11.5 Å². The number of hydrogen-bond donors (Lipinski definition) is 2. The van der Waals surface area contributed by atoms with E-state index in [9.17, 15) is 4.79 Å². The highest BCUT2D eigenvalue weighted by Gasteiger charge is 2.14. The van der Waals surface area contributed by atoms with Crippen LogP contribution in [0.5, 0.6) is 0 Å². The Morgan fingerprint density at radius 2 is 2.50 bits per heavy atom. The van der Waals surface area contributed by atoms with Gasteiger partial charge in [-0.15, -0.1) is 11.3 Å². The molecule has 0 fully saturated rings. The van der Waals surface area contributed by atoms with Crippen LogP contribution in [-0.2, 0) is 9.63 Å². The number of oxime groups is 1. The van der Waals surface area contributed by atoms with E-state index in [1.165, 1.54) is 11.3 Å². The topological polar surface area (TPSA) is 104 Å². The quantitative estimate of drug-likeness (QED) is 0.541. The number of carbonyl (C=O) groups is 1. The zero-order valence-electron chi connectivity index (χ0n) is 7.56. The Labute approximate surface area is 84.6 Å². The summed E-state index contributed by atoms with van der Waals surface area (Å²) in [4.78, 5) is 19.6.